The van der Waals surface area contributed by atoms with E-state index >= 15 is 0 Å². The SMILES string of the molecule is ClC(Cl)(Cl)C1(OC2CCCCC2)CO1. The van der Waals surface area contributed by atoms with Gasteiger partial charge in [-0.1, -0.05) is 54.1 Å². The highest BCUT2D eigenvalue weighted by molar-refractivity contribution is 6.68. The fraction of sp³-hybridized carbons (Fsp3) is 1.00. The van der Waals surface area contributed by atoms with Crippen molar-refractivity contribution >= 4 is 34.8 Å². The first-order valence-corrected chi connectivity index (χ1v) is 6.05. The molecule has 0 spiro atoms. The van der Waals surface area contributed by atoms with E-state index in [1.807, 2.05) is 0 Å². The summed E-state index contributed by atoms with van der Waals surface area (Å²) in [5.41, 5.74) is 0. The van der Waals surface area contributed by atoms with Gasteiger partial charge in [0.1, 0.15) is 6.61 Å². The summed E-state index contributed by atoms with van der Waals surface area (Å²) >= 11 is 17.4. The van der Waals surface area contributed by atoms with Crippen LogP contribution in [0.5, 0.6) is 0 Å². The second-order valence-corrected chi connectivity index (χ2v) is 6.20. The molecule has 0 N–H and O–H groups in total. The Morgan fingerprint density at radius 2 is 1.71 bits per heavy atom. The lowest BCUT2D eigenvalue weighted by Crippen LogP contribution is -2.37. The van der Waals surface area contributed by atoms with Crippen molar-refractivity contribution in [3.63, 3.8) is 0 Å². The maximum absolute atomic E-state index is 5.79. The highest BCUT2D eigenvalue weighted by atomic mass is 35.6. The Hall–Kier alpha value is 0.790. The summed E-state index contributed by atoms with van der Waals surface area (Å²) in [4.78, 5) is 0. The maximum atomic E-state index is 5.79. The Bertz CT molecular complexity index is 205. The molecule has 2 nitrogen and oxygen atoms in total. The minimum Gasteiger partial charge on any atom is -0.341 e. The van der Waals surface area contributed by atoms with Crippen LogP contribution in [0.3, 0.4) is 0 Å². The number of hydrogen-bond acceptors (Lipinski definition) is 2. The van der Waals surface area contributed by atoms with Gasteiger partial charge in [-0.15, -0.1) is 0 Å². The summed E-state index contributed by atoms with van der Waals surface area (Å²) in [5, 5.41) is 0. The molecular weight excluding hydrogens is 246 g/mol. The maximum Gasteiger partial charge on any atom is 0.246 e. The Balaban J connectivity index is 1.90. The molecule has 1 unspecified atom stereocenters. The molecule has 2 rings (SSSR count). The van der Waals surface area contributed by atoms with Crippen LogP contribution in [0.4, 0.5) is 0 Å². The largest absolute Gasteiger partial charge is 0.341 e. The second kappa shape index (κ2) is 3.99. The average Bonchev–Trinajstić information content (AvgIpc) is 2.86. The molecule has 0 radical (unpaired) electrons. The molecule has 1 aliphatic heterocycles. The first-order valence-electron chi connectivity index (χ1n) is 4.92. The first kappa shape index (κ1) is 11.3. The molecule has 82 valence electrons. The molecule has 1 heterocycles. The van der Waals surface area contributed by atoms with Gasteiger partial charge in [0.05, 0.1) is 6.10 Å². The quantitative estimate of drug-likeness (QED) is 0.560. The Morgan fingerprint density at radius 3 is 2.14 bits per heavy atom. The van der Waals surface area contributed by atoms with Gasteiger partial charge in [-0.25, -0.2) is 0 Å². The smallest absolute Gasteiger partial charge is 0.246 e. The third-order valence-corrected chi connectivity index (χ3v) is 3.61. The number of epoxide rings is 1. The fourth-order valence-electron chi connectivity index (χ4n) is 1.82. The monoisotopic (exact) mass is 258 g/mol. The predicted octanol–water partition coefficient (Wildman–Crippen LogP) is 3.43. The van der Waals surface area contributed by atoms with Crippen molar-refractivity contribution in [2.24, 2.45) is 0 Å². The number of alkyl halides is 3. The summed E-state index contributed by atoms with van der Waals surface area (Å²) in [5.74, 6) is -0.959. The lowest BCUT2D eigenvalue weighted by Gasteiger charge is -2.28. The van der Waals surface area contributed by atoms with Gasteiger partial charge in [-0.05, 0) is 12.8 Å². The van der Waals surface area contributed by atoms with E-state index in [1.165, 1.54) is 19.3 Å². The van der Waals surface area contributed by atoms with Crippen LogP contribution in [-0.4, -0.2) is 22.3 Å². The highest BCUT2D eigenvalue weighted by Gasteiger charge is 2.63. The normalized spacial score (nSPS) is 34.5. The number of hydrogen-bond donors (Lipinski definition) is 0. The average molecular weight is 260 g/mol. The van der Waals surface area contributed by atoms with Crippen LogP contribution in [0.25, 0.3) is 0 Å². The molecule has 1 saturated heterocycles. The summed E-state index contributed by atoms with van der Waals surface area (Å²) in [6.07, 6.45) is 5.96. The van der Waals surface area contributed by atoms with Crippen molar-refractivity contribution in [1.29, 1.82) is 0 Å². The molecule has 2 fully saturated rings. The number of ether oxygens (including phenoxy) is 2. The van der Waals surface area contributed by atoms with Crippen LogP contribution in [0.1, 0.15) is 32.1 Å². The molecule has 0 aromatic carbocycles. The van der Waals surface area contributed by atoms with Crippen molar-refractivity contribution in [1.82, 2.24) is 0 Å². The van der Waals surface area contributed by atoms with Gasteiger partial charge in [-0.2, -0.15) is 0 Å². The van der Waals surface area contributed by atoms with Gasteiger partial charge in [0.2, 0.25) is 9.58 Å². The third-order valence-electron chi connectivity index (χ3n) is 2.75. The molecule has 14 heavy (non-hydrogen) atoms. The minimum absolute atomic E-state index is 0.196. The molecule has 1 aliphatic carbocycles. The van der Waals surface area contributed by atoms with E-state index in [9.17, 15) is 0 Å². The minimum atomic E-state index is -1.47. The summed E-state index contributed by atoms with van der Waals surface area (Å²) in [6.45, 7) is 0.389. The Morgan fingerprint density at radius 1 is 1.14 bits per heavy atom. The summed E-state index contributed by atoms with van der Waals surface area (Å²) < 4.78 is 9.41. The molecule has 5 heteroatoms. The van der Waals surface area contributed by atoms with Gasteiger partial charge >= 0.3 is 0 Å². The zero-order valence-corrected chi connectivity index (χ0v) is 10.0. The van der Waals surface area contributed by atoms with E-state index in [0.29, 0.717) is 6.61 Å². The molecule has 0 aromatic rings. The van der Waals surface area contributed by atoms with Crippen LogP contribution in [-0.2, 0) is 9.47 Å². The first-order chi connectivity index (χ1) is 6.54. The van der Waals surface area contributed by atoms with Crippen molar-refractivity contribution in [3.05, 3.63) is 0 Å². The van der Waals surface area contributed by atoms with Crippen LogP contribution in [0, 0.1) is 0 Å². The van der Waals surface area contributed by atoms with E-state index in [2.05, 4.69) is 0 Å². The van der Waals surface area contributed by atoms with E-state index in [1.54, 1.807) is 0 Å². The van der Waals surface area contributed by atoms with Crippen LogP contribution in [0.15, 0.2) is 0 Å². The standard InChI is InChI=1S/C9H13Cl3O2/c10-9(11,12)8(6-13-8)14-7-4-2-1-3-5-7/h7H,1-6H2. The van der Waals surface area contributed by atoms with Crippen LogP contribution >= 0.6 is 34.8 Å². The molecule has 1 saturated carbocycles. The van der Waals surface area contributed by atoms with Gasteiger partial charge in [0.25, 0.3) is 0 Å². The van der Waals surface area contributed by atoms with Gasteiger partial charge < -0.3 is 9.47 Å². The highest BCUT2D eigenvalue weighted by Crippen LogP contribution is 2.51. The van der Waals surface area contributed by atoms with Gasteiger partial charge in [0, 0.05) is 0 Å². The molecule has 1 atom stereocenters. The zero-order valence-electron chi connectivity index (χ0n) is 7.77. The lowest BCUT2D eigenvalue weighted by atomic mass is 9.98. The van der Waals surface area contributed by atoms with Crippen LogP contribution in [0.2, 0.25) is 0 Å². The van der Waals surface area contributed by atoms with E-state index in [4.69, 9.17) is 44.3 Å². The van der Waals surface area contributed by atoms with Crippen molar-refractivity contribution in [2.45, 2.75) is 47.8 Å². The van der Waals surface area contributed by atoms with Crippen molar-refractivity contribution in [2.75, 3.05) is 6.61 Å². The zero-order chi connectivity index (χ0) is 10.2. The van der Waals surface area contributed by atoms with Crippen LogP contribution < -0.4 is 0 Å². The van der Waals surface area contributed by atoms with E-state index < -0.39 is 9.58 Å². The van der Waals surface area contributed by atoms with E-state index in [-0.39, 0.29) is 6.10 Å². The Kier molecular flexibility index (Phi) is 3.21. The fourth-order valence-corrected chi connectivity index (χ4v) is 2.28. The summed E-state index contributed by atoms with van der Waals surface area (Å²) in [7, 11) is 0. The van der Waals surface area contributed by atoms with E-state index in [0.717, 1.165) is 12.8 Å². The topological polar surface area (TPSA) is 21.8 Å². The molecule has 2 aliphatic rings. The molecular formula is C9H13Cl3O2. The van der Waals surface area contributed by atoms with Gasteiger partial charge in [-0.3, -0.25) is 0 Å². The lowest BCUT2D eigenvalue weighted by molar-refractivity contribution is -0.0988. The Labute approximate surface area is 98.8 Å². The molecule has 0 aromatic heterocycles. The number of rotatable bonds is 2. The van der Waals surface area contributed by atoms with Gasteiger partial charge in [0.15, 0.2) is 0 Å². The second-order valence-electron chi connectivity index (χ2n) is 3.92. The van der Waals surface area contributed by atoms with Crippen molar-refractivity contribution in [3.8, 4) is 0 Å². The predicted molar refractivity (Wildman–Crippen MR) is 56.9 cm³/mol. The molecule has 0 bridgehead atoms. The molecule has 0 amide bonds. The summed E-state index contributed by atoms with van der Waals surface area (Å²) in [6, 6.07) is 0. The number of halogens is 3. The third kappa shape index (κ3) is 2.30. The van der Waals surface area contributed by atoms with Crippen molar-refractivity contribution < 1.29 is 9.47 Å².